The fourth-order valence-corrected chi connectivity index (χ4v) is 4.64. The fraction of sp³-hybridized carbons (Fsp3) is 0.333. The van der Waals surface area contributed by atoms with E-state index in [4.69, 9.17) is 0 Å². The van der Waals surface area contributed by atoms with Crippen molar-refractivity contribution in [2.24, 2.45) is 0 Å². The Kier molecular flexibility index (Phi) is 5.10. The molecule has 1 saturated heterocycles. The predicted octanol–water partition coefficient (Wildman–Crippen LogP) is 2.63. The Hall–Kier alpha value is -1.69. The van der Waals surface area contributed by atoms with Crippen LogP contribution in [0.3, 0.4) is 0 Å². The van der Waals surface area contributed by atoms with E-state index >= 15 is 0 Å². The topological polar surface area (TPSA) is 49.4 Å². The number of benzene rings is 2. The average molecular weight is 330 g/mol. The Morgan fingerprint density at radius 2 is 1.65 bits per heavy atom. The molecule has 122 valence electrons. The third kappa shape index (κ3) is 3.80. The number of hydrogen-bond acceptors (Lipinski definition) is 3. The van der Waals surface area contributed by atoms with Crippen LogP contribution in [0.15, 0.2) is 65.6 Å². The van der Waals surface area contributed by atoms with Gasteiger partial charge in [-0.1, -0.05) is 48.5 Å². The van der Waals surface area contributed by atoms with Crippen LogP contribution in [0.2, 0.25) is 0 Å². The molecule has 0 radical (unpaired) electrons. The van der Waals surface area contributed by atoms with Crippen molar-refractivity contribution in [3.05, 3.63) is 66.2 Å². The molecule has 1 unspecified atom stereocenters. The van der Waals surface area contributed by atoms with Gasteiger partial charge in [0.15, 0.2) is 0 Å². The van der Waals surface area contributed by atoms with Crippen LogP contribution in [0.5, 0.6) is 0 Å². The molecule has 0 saturated carbocycles. The summed E-state index contributed by atoms with van der Waals surface area (Å²) in [4.78, 5) is 0.363. The van der Waals surface area contributed by atoms with Crippen LogP contribution in [-0.2, 0) is 16.6 Å². The average Bonchev–Trinajstić information content (AvgIpc) is 2.62. The van der Waals surface area contributed by atoms with Gasteiger partial charge in [-0.25, -0.2) is 8.42 Å². The molecule has 3 rings (SSSR count). The summed E-state index contributed by atoms with van der Waals surface area (Å²) in [7, 11) is -3.51. The lowest BCUT2D eigenvalue weighted by atomic mass is 10.1. The molecule has 0 amide bonds. The molecular formula is C18H22N2O2S. The molecule has 2 aromatic carbocycles. The third-order valence-electron chi connectivity index (χ3n) is 4.21. The largest absolute Gasteiger partial charge is 0.315 e. The minimum Gasteiger partial charge on any atom is -0.315 e. The standard InChI is InChI=1S/C18H22N2O2S/c21-23(22,18-11-5-2-6-12-18)20(17-10-7-13-19-14-17)15-16-8-3-1-4-9-16/h1-6,8-9,11-12,17,19H,7,10,13-15H2. The van der Waals surface area contributed by atoms with Crippen LogP contribution >= 0.6 is 0 Å². The zero-order valence-electron chi connectivity index (χ0n) is 13.1. The molecule has 0 bridgehead atoms. The summed E-state index contributed by atoms with van der Waals surface area (Å²) in [5, 5.41) is 3.32. The molecule has 23 heavy (non-hydrogen) atoms. The summed E-state index contributed by atoms with van der Waals surface area (Å²) < 4.78 is 27.9. The molecule has 1 N–H and O–H groups in total. The van der Waals surface area contributed by atoms with E-state index in [-0.39, 0.29) is 6.04 Å². The lowest BCUT2D eigenvalue weighted by Gasteiger charge is -2.34. The number of rotatable bonds is 5. The lowest BCUT2D eigenvalue weighted by Crippen LogP contribution is -2.48. The Bertz CT molecular complexity index is 711. The number of piperidine rings is 1. The van der Waals surface area contributed by atoms with Gasteiger partial charge in [0.1, 0.15) is 0 Å². The highest BCUT2D eigenvalue weighted by Gasteiger charge is 2.32. The highest BCUT2D eigenvalue weighted by atomic mass is 32.2. The van der Waals surface area contributed by atoms with Crippen LogP contribution in [0.25, 0.3) is 0 Å². The van der Waals surface area contributed by atoms with Gasteiger partial charge in [0, 0.05) is 19.1 Å². The van der Waals surface area contributed by atoms with E-state index in [1.54, 1.807) is 28.6 Å². The Morgan fingerprint density at radius 1 is 1.00 bits per heavy atom. The van der Waals surface area contributed by atoms with Crippen molar-refractivity contribution >= 4 is 10.0 Å². The first-order valence-electron chi connectivity index (χ1n) is 7.99. The van der Waals surface area contributed by atoms with Gasteiger partial charge in [-0.15, -0.1) is 0 Å². The van der Waals surface area contributed by atoms with Crippen molar-refractivity contribution in [2.45, 2.75) is 30.3 Å². The predicted molar refractivity (Wildman–Crippen MR) is 91.5 cm³/mol. The van der Waals surface area contributed by atoms with E-state index in [1.807, 2.05) is 36.4 Å². The molecule has 1 fully saturated rings. The van der Waals surface area contributed by atoms with E-state index in [1.165, 1.54) is 0 Å². The number of sulfonamides is 1. The maximum absolute atomic E-state index is 13.1. The summed E-state index contributed by atoms with van der Waals surface area (Å²) in [6.07, 6.45) is 1.90. The van der Waals surface area contributed by atoms with Crippen molar-refractivity contribution < 1.29 is 8.42 Å². The van der Waals surface area contributed by atoms with Crippen molar-refractivity contribution in [1.29, 1.82) is 0 Å². The third-order valence-corrected chi connectivity index (χ3v) is 6.12. The zero-order chi connectivity index (χ0) is 16.1. The molecule has 5 heteroatoms. The molecule has 1 aliphatic rings. The van der Waals surface area contributed by atoms with Gasteiger partial charge >= 0.3 is 0 Å². The van der Waals surface area contributed by atoms with Gasteiger partial charge in [-0.05, 0) is 37.1 Å². The first kappa shape index (κ1) is 16.2. The van der Waals surface area contributed by atoms with Crippen LogP contribution < -0.4 is 5.32 Å². The smallest absolute Gasteiger partial charge is 0.243 e. The maximum atomic E-state index is 13.1. The van der Waals surface area contributed by atoms with Gasteiger partial charge in [0.2, 0.25) is 10.0 Å². The summed E-state index contributed by atoms with van der Waals surface area (Å²) in [6, 6.07) is 18.5. The minimum absolute atomic E-state index is 0.00541. The molecule has 1 atom stereocenters. The number of nitrogens with one attached hydrogen (secondary N) is 1. The summed E-state index contributed by atoms with van der Waals surface area (Å²) in [5.74, 6) is 0. The SMILES string of the molecule is O=S(=O)(c1ccccc1)N(Cc1ccccc1)C1CCCNC1. The summed E-state index contributed by atoms with van der Waals surface area (Å²) in [6.45, 7) is 2.07. The van der Waals surface area contributed by atoms with Crippen LogP contribution in [-0.4, -0.2) is 31.9 Å². The zero-order valence-corrected chi connectivity index (χ0v) is 13.9. The molecule has 4 nitrogen and oxygen atoms in total. The van der Waals surface area contributed by atoms with Gasteiger partial charge in [0.25, 0.3) is 0 Å². The lowest BCUT2D eigenvalue weighted by molar-refractivity contribution is 0.260. The van der Waals surface area contributed by atoms with E-state index in [0.29, 0.717) is 18.0 Å². The minimum atomic E-state index is -3.51. The normalized spacial score (nSPS) is 18.9. The fourth-order valence-electron chi connectivity index (χ4n) is 2.98. The van der Waals surface area contributed by atoms with Crippen LogP contribution in [0, 0.1) is 0 Å². The van der Waals surface area contributed by atoms with E-state index in [0.717, 1.165) is 24.9 Å². The van der Waals surface area contributed by atoms with Gasteiger partial charge < -0.3 is 5.32 Å². The number of nitrogens with zero attached hydrogens (tertiary/aromatic N) is 1. The molecule has 1 heterocycles. The second-order valence-electron chi connectivity index (χ2n) is 5.85. The first-order chi connectivity index (χ1) is 11.2. The molecular weight excluding hydrogens is 308 g/mol. The highest BCUT2D eigenvalue weighted by Crippen LogP contribution is 2.24. The molecule has 2 aromatic rings. The van der Waals surface area contributed by atoms with Gasteiger partial charge in [0.05, 0.1) is 4.90 Å². The van der Waals surface area contributed by atoms with Gasteiger partial charge in [-0.2, -0.15) is 4.31 Å². The summed E-state index contributed by atoms with van der Waals surface area (Å²) >= 11 is 0. The second-order valence-corrected chi connectivity index (χ2v) is 7.74. The van der Waals surface area contributed by atoms with Crippen molar-refractivity contribution in [2.75, 3.05) is 13.1 Å². The van der Waals surface area contributed by atoms with Crippen molar-refractivity contribution in [3.8, 4) is 0 Å². The highest BCUT2D eigenvalue weighted by molar-refractivity contribution is 7.89. The quantitative estimate of drug-likeness (QED) is 0.917. The number of hydrogen-bond donors (Lipinski definition) is 1. The second kappa shape index (κ2) is 7.25. The molecule has 0 spiro atoms. The van der Waals surface area contributed by atoms with E-state index in [2.05, 4.69) is 5.32 Å². The Labute approximate surface area is 138 Å². The summed E-state index contributed by atoms with van der Waals surface area (Å²) in [5.41, 5.74) is 1.01. The maximum Gasteiger partial charge on any atom is 0.243 e. The van der Waals surface area contributed by atoms with E-state index < -0.39 is 10.0 Å². The Balaban J connectivity index is 1.94. The van der Waals surface area contributed by atoms with E-state index in [9.17, 15) is 8.42 Å². The monoisotopic (exact) mass is 330 g/mol. The van der Waals surface area contributed by atoms with Crippen molar-refractivity contribution in [3.63, 3.8) is 0 Å². The molecule has 0 aromatic heterocycles. The van der Waals surface area contributed by atoms with Crippen LogP contribution in [0.4, 0.5) is 0 Å². The molecule has 0 aliphatic carbocycles. The van der Waals surface area contributed by atoms with Crippen molar-refractivity contribution in [1.82, 2.24) is 9.62 Å². The van der Waals surface area contributed by atoms with Crippen LogP contribution in [0.1, 0.15) is 18.4 Å². The molecule has 1 aliphatic heterocycles. The van der Waals surface area contributed by atoms with Gasteiger partial charge in [-0.3, -0.25) is 0 Å². The first-order valence-corrected chi connectivity index (χ1v) is 9.43. The Morgan fingerprint density at radius 3 is 2.26 bits per heavy atom.